The highest BCUT2D eigenvalue weighted by Crippen LogP contribution is 2.03. The number of thioether (sulfide) groups is 1. The Labute approximate surface area is 116 Å². The predicted octanol–water partition coefficient (Wildman–Crippen LogP) is 2.71. The molecule has 0 spiro atoms. The lowest BCUT2D eigenvalue weighted by Crippen LogP contribution is -2.20. The van der Waals surface area contributed by atoms with Crippen molar-refractivity contribution in [1.29, 1.82) is 0 Å². The number of nitrogens with one attached hydrogen (secondary N) is 1. The van der Waals surface area contributed by atoms with Gasteiger partial charge in [0.1, 0.15) is 0 Å². The van der Waals surface area contributed by atoms with Crippen molar-refractivity contribution in [3.8, 4) is 0 Å². The Balaban J connectivity index is 3.06. The second kappa shape index (κ2) is 14.6. The first-order chi connectivity index (χ1) is 8.77. The molecule has 3 nitrogen and oxygen atoms in total. The molecule has 0 saturated carbocycles. The first kappa shape index (κ1) is 17.5. The van der Waals surface area contributed by atoms with Gasteiger partial charge >= 0.3 is 0 Å². The molecule has 0 aromatic rings. The normalized spacial score (nSPS) is 11.2. The Bertz CT molecular complexity index is 220. The molecule has 1 amide bonds. The molecule has 18 heavy (non-hydrogen) atoms. The maximum Gasteiger partial charge on any atom is 0.227 e. The van der Waals surface area contributed by atoms with E-state index in [0.29, 0.717) is 5.75 Å². The lowest BCUT2D eigenvalue weighted by molar-refractivity contribution is -0.115. The second-order valence-electron chi connectivity index (χ2n) is 4.38. The lowest BCUT2D eigenvalue weighted by atomic mass is 10.1. The van der Waals surface area contributed by atoms with Gasteiger partial charge in [0, 0.05) is 12.3 Å². The van der Waals surface area contributed by atoms with Crippen molar-refractivity contribution in [2.45, 2.75) is 45.4 Å². The monoisotopic (exact) mass is 272 g/mol. The number of allylic oxidation sites excluding steroid dienone is 1. The summed E-state index contributed by atoms with van der Waals surface area (Å²) in [7, 11) is 0. The minimum Gasteiger partial charge on any atom is -0.369 e. The smallest absolute Gasteiger partial charge is 0.227 e. The predicted molar refractivity (Wildman–Crippen MR) is 81.9 cm³/mol. The number of hydrogen-bond donors (Lipinski definition) is 2. The summed E-state index contributed by atoms with van der Waals surface area (Å²) in [4.78, 5) is 10.5. The van der Waals surface area contributed by atoms with Gasteiger partial charge < -0.3 is 11.1 Å². The van der Waals surface area contributed by atoms with E-state index in [1.807, 2.05) is 0 Å². The minimum absolute atomic E-state index is 0.231. The van der Waals surface area contributed by atoms with Crippen LogP contribution in [0.5, 0.6) is 0 Å². The topological polar surface area (TPSA) is 55.1 Å². The first-order valence-electron chi connectivity index (χ1n) is 6.99. The Morgan fingerprint density at radius 3 is 2.67 bits per heavy atom. The van der Waals surface area contributed by atoms with E-state index in [1.54, 1.807) is 11.8 Å². The van der Waals surface area contributed by atoms with Crippen LogP contribution in [0.1, 0.15) is 45.4 Å². The Kier molecular flexibility index (Phi) is 14.2. The first-order valence-corrected chi connectivity index (χ1v) is 8.14. The fourth-order valence-electron chi connectivity index (χ4n) is 1.55. The summed E-state index contributed by atoms with van der Waals surface area (Å²) in [6.07, 6.45) is 12.2. The Morgan fingerprint density at radius 2 is 1.94 bits per heavy atom. The van der Waals surface area contributed by atoms with Crippen LogP contribution in [0.25, 0.3) is 0 Å². The van der Waals surface area contributed by atoms with Crippen LogP contribution in [0.15, 0.2) is 12.2 Å². The SMILES string of the molecule is CCCCCC/C=C\CCNCCSCC(N)=O. The number of rotatable bonds is 13. The van der Waals surface area contributed by atoms with Gasteiger partial charge in [0.25, 0.3) is 0 Å². The third kappa shape index (κ3) is 15.5. The van der Waals surface area contributed by atoms with Crippen LogP contribution >= 0.6 is 11.8 Å². The van der Waals surface area contributed by atoms with E-state index in [-0.39, 0.29) is 5.91 Å². The number of hydrogen-bond acceptors (Lipinski definition) is 3. The molecule has 106 valence electrons. The van der Waals surface area contributed by atoms with E-state index in [4.69, 9.17) is 5.73 Å². The van der Waals surface area contributed by atoms with Crippen LogP contribution in [0, 0.1) is 0 Å². The van der Waals surface area contributed by atoms with Crippen LogP contribution in [-0.2, 0) is 4.79 Å². The zero-order chi connectivity index (χ0) is 13.5. The quantitative estimate of drug-likeness (QED) is 0.400. The van der Waals surface area contributed by atoms with E-state index in [1.165, 1.54) is 32.1 Å². The van der Waals surface area contributed by atoms with E-state index < -0.39 is 0 Å². The van der Waals surface area contributed by atoms with Crippen molar-refractivity contribution >= 4 is 17.7 Å². The zero-order valence-corrected chi connectivity index (χ0v) is 12.4. The number of nitrogens with two attached hydrogens (primary N) is 1. The third-order valence-corrected chi connectivity index (χ3v) is 3.53. The number of unbranched alkanes of at least 4 members (excludes halogenated alkanes) is 4. The standard InChI is InChI=1S/C14H28N2OS/c1-2-3-4-5-6-7-8-9-10-16-11-12-18-13-14(15)17/h7-8,16H,2-6,9-13H2,1H3,(H2,15,17)/b8-7-. The van der Waals surface area contributed by atoms with Gasteiger partial charge in [0.15, 0.2) is 0 Å². The van der Waals surface area contributed by atoms with Crippen LogP contribution in [0.3, 0.4) is 0 Å². The molecule has 0 aromatic carbocycles. The summed E-state index contributed by atoms with van der Waals surface area (Å²) in [5.74, 6) is 1.15. The molecule has 0 rings (SSSR count). The zero-order valence-electron chi connectivity index (χ0n) is 11.6. The summed E-state index contributed by atoms with van der Waals surface area (Å²) in [6.45, 7) is 4.20. The van der Waals surface area contributed by atoms with Crippen molar-refractivity contribution < 1.29 is 4.79 Å². The molecule has 0 atom stereocenters. The summed E-state index contributed by atoms with van der Waals surface area (Å²) in [5.41, 5.74) is 5.04. The second-order valence-corrected chi connectivity index (χ2v) is 5.48. The molecular formula is C14H28N2OS. The Morgan fingerprint density at radius 1 is 1.17 bits per heavy atom. The number of carbonyl (C=O) groups is 1. The van der Waals surface area contributed by atoms with Gasteiger partial charge in [-0.2, -0.15) is 11.8 Å². The molecule has 3 N–H and O–H groups in total. The highest BCUT2D eigenvalue weighted by Gasteiger charge is 1.93. The highest BCUT2D eigenvalue weighted by molar-refractivity contribution is 7.99. The molecule has 0 aliphatic heterocycles. The van der Waals surface area contributed by atoms with E-state index in [0.717, 1.165) is 25.3 Å². The lowest BCUT2D eigenvalue weighted by Gasteiger charge is -2.01. The molecule has 0 aromatic heterocycles. The fourth-order valence-corrected chi connectivity index (χ4v) is 2.19. The molecule has 0 unspecified atom stereocenters. The molecular weight excluding hydrogens is 244 g/mol. The number of primary amides is 1. The highest BCUT2D eigenvalue weighted by atomic mass is 32.2. The molecule has 0 radical (unpaired) electrons. The molecule has 0 heterocycles. The third-order valence-electron chi connectivity index (χ3n) is 2.55. The summed E-state index contributed by atoms with van der Waals surface area (Å²) >= 11 is 1.59. The van der Waals surface area contributed by atoms with Crippen molar-refractivity contribution in [1.82, 2.24) is 5.32 Å². The van der Waals surface area contributed by atoms with E-state index in [2.05, 4.69) is 24.4 Å². The molecule has 0 fully saturated rings. The van der Waals surface area contributed by atoms with Gasteiger partial charge in [-0.25, -0.2) is 0 Å². The van der Waals surface area contributed by atoms with Crippen LogP contribution in [0.2, 0.25) is 0 Å². The maximum absolute atomic E-state index is 10.5. The van der Waals surface area contributed by atoms with E-state index in [9.17, 15) is 4.79 Å². The largest absolute Gasteiger partial charge is 0.369 e. The van der Waals surface area contributed by atoms with Crippen LogP contribution < -0.4 is 11.1 Å². The van der Waals surface area contributed by atoms with Gasteiger partial charge in [0.2, 0.25) is 5.91 Å². The summed E-state index contributed by atoms with van der Waals surface area (Å²) < 4.78 is 0. The maximum atomic E-state index is 10.5. The van der Waals surface area contributed by atoms with E-state index >= 15 is 0 Å². The Hall–Kier alpha value is -0.480. The van der Waals surface area contributed by atoms with Crippen molar-refractivity contribution in [3.05, 3.63) is 12.2 Å². The van der Waals surface area contributed by atoms with Gasteiger partial charge in [-0.05, 0) is 25.8 Å². The number of amides is 1. The molecule has 0 saturated heterocycles. The molecule has 4 heteroatoms. The molecule has 0 aliphatic rings. The van der Waals surface area contributed by atoms with Gasteiger partial charge in [0.05, 0.1) is 5.75 Å². The van der Waals surface area contributed by atoms with Gasteiger partial charge in [-0.1, -0.05) is 38.3 Å². The fraction of sp³-hybridized carbons (Fsp3) is 0.786. The van der Waals surface area contributed by atoms with Crippen molar-refractivity contribution in [2.24, 2.45) is 5.73 Å². The van der Waals surface area contributed by atoms with Gasteiger partial charge in [-0.15, -0.1) is 0 Å². The van der Waals surface area contributed by atoms with Crippen molar-refractivity contribution in [2.75, 3.05) is 24.6 Å². The van der Waals surface area contributed by atoms with Crippen LogP contribution in [0.4, 0.5) is 0 Å². The summed E-state index contributed by atoms with van der Waals surface area (Å²) in [6, 6.07) is 0. The minimum atomic E-state index is -0.231. The summed E-state index contributed by atoms with van der Waals surface area (Å²) in [5, 5.41) is 3.35. The van der Waals surface area contributed by atoms with Crippen LogP contribution in [-0.4, -0.2) is 30.5 Å². The molecule has 0 bridgehead atoms. The number of carbonyl (C=O) groups excluding carboxylic acids is 1. The average Bonchev–Trinajstić information content (AvgIpc) is 2.34. The molecule has 0 aliphatic carbocycles. The van der Waals surface area contributed by atoms with Crippen molar-refractivity contribution in [3.63, 3.8) is 0 Å². The van der Waals surface area contributed by atoms with Gasteiger partial charge in [-0.3, -0.25) is 4.79 Å². The average molecular weight is 272 g/mol.